The molecule has 0 aliphatic heterocycles. The summed E-state index contributed by atoms with van der Waals surface area (Å²) in [7, 11) is 0. The van der Waals surface area contributed by atoms with Crippen molar-refractivity contribution in [2.45, 2.75) is 52.0 Å². The average Bonchev–Trinajstić information content (AvgIpc) is 2.31. The summed E-state index contributed by atoms with van der Waals surface area (Å²) in [4.78, 5) is 0. The van der Waals surface area contributed by atoms with Crippen LogP contribution in [0.2, 0.25) is 0 Å². The number of hydrogen-bond acceptors (Lipinski definition) is 1. The molecule has 100 valence electrons. The molecule has 0 aromatic heterocycles. The summed E-state index contributed by atoms with van der Waals surface area (Å²) in [6, 6.07) is 8.86. The highest BCUT2D eigenvalue weighted by Crippen LogP contribution is 2.42. The molecule has 1 saturated carbocycles. The molecule has 1 fully saturated rings. The molecule has 1 nitrogen and oxygen atoms in total. The highest BCUT2D eigenvalue weighted by Gasteiger charge is 2.35. The maximum Gasteiger partial charge on any atom is 0.0175 e. The first-order chi connectivity index (χ1) is 8.49. The predicted molar refractivity (Wildman–Crippen MR) is 81.6 cm³/mol. The van der Waals surface area contributed by atoms with Crippen molar-refractivity contribution in [2.24, 2.45) is 17.1 Å². The highest BCUT2D eigenvalue weighted by molar-refractivity contribution is 9.10. The summed E-state index contributed by atoms with van der Waals surface area (Å²) in [5.74, 6) is 0.662. The predicted octanol–water partition coefficient (Wildman–Crippen LogP) is 4.54. The van der Waals surface area contributed by atoms with Crippen molar-refractivity contribution >= 4 is 15.9 Å². The molecule has 2 unspecified atom stereocenters. The van der Waals surface area contributed by atoms with Gasteiger partial charge >= 0.3 is 0 Å². The lowest BCUT2D eigenvalue weighted by Gasteiger charge is -2.42. The molecule has 0 bridgehead atoms. The molecule has 1 aromatic carbocycles. The summed E-state index contributed by atoms with van der Waals surface area (Å²) in [6.45, 7) is 4.77. The van der Waals surface area contributed by atoms with E-state index in [1.54, 1.807) is 0 Å². The van der Waals surface area contributed by atoms with Gasteiger partial charge in [0.05, 0.1) is 0 Å². The van der Waals surface area contributed by atoms with Crippen molar-refractivity contribution in [3.05, 3.63) is 34.3 Å². The Kier molecular flexibility index (Phi) is 4.50. The zero-order valence-electron chi connectivity index (χ0n) is 11.5. The molecule has 1 aliphatic rings. The van der Waals surface area contributed by atoms with Crippen LogP contribution in [0.25, 0.3) is 0 Å². The summed E-state index contributed by atoms with van der Waals surface area (Å²) in [5, 5.41) is 0. The molecule has 1 aliphatic carbocycles. The van der Waals surface area contributed by atoms with Gasteiger partial charge in [-0.1, -0.05) is 54.8 Å². The standard InChI is InChI=1S/C16H24BrN/c1-16(2)10-4-3-5-14(16)15(18)11-12-6-8-13(17)9-7-12/h6-9,14-15H,3-5,10-11,18H2,1-2H3. The van der Waals surface area contributed by atoms with Crippen molar-refractivity contribution < 1.29 is 0 Å². The fourth-order valence-electron chi connectivity index (χ4n) is 3.35. The second-order valence-corrected chi connectivity index (χ2v) is 7.25. The first kappa shape index (κ1) is 14.1. The quantitative estimate of drug-likeness (QED) is 0.872. The Hall–Kier alpha value is -0.340. The maximum atomic E-state index is 6.48. The van der Waals surface area contributed by atoms with Crippen LogP contribution in [-0.2, 0) is 6.42 Å². The smallest absolute Gasteiger partial charge is 0.0175 e. The van der Waals surface area contributed by atoms with Gasteiger partial charge in [0.1, 0.15) is 0 Å². The van der Waals surface area contributed by atoms with Gasteiger partial charge in [0, 0.05) is 10.5 Å². The molecule has 2 rings (SSSR count). The minimum Gasteiger partial charge on any atom is -0.327 e. The topological polar surface area (TPSA) is 26.0 Å². The Bertz CT molecular complexity index is 383. The van der Waals surface area contributed by atoms with E-state index < -0.39 is 0 Å². The molecular weight excluding hydrogens is 286 g/mol. The van der Waals surface area contributed by atoms with E-state index in [2.05, 4.69) is 54.0 Å². The fourth-order valence-corrected chi connectivity index (χ4v) is 3.61. The molecule has 2 N–H and O–H groups in total. The third-order valence-corrected chi connectivity index (χ3v) is 5.02. The van der Waals surface area contributed by atoms with Crippen LogP contribution in [0.5, 0.6) is 0 Å². The van der Waals surface area contributed by atoms with Crippen molar-refractivity contribution in [3.63, 3.8) is 0 Å². The number of nitrogens with two attached hydrogens (primary N) is 1. The number of benzene rings is 1. The van der Waals surface area contributed by atoms with E-state index in [1.165, 1.54) is 31.2 Å². The molecule has 0 saturated heterocycles. The van der Waals surface area contributed by atoms with Crippen molar-refractivity contribution in [2.75, 3.05) is 0 Å². The lowest BCUT2D eigenvalue weighted by Crippen LogP contribution is -2.42. The van der Waals surface area contributed by atoms with E-state index in [9.17, 15) is 0 Å². The van der Waals surface area contributed by atoms with E-state index in [-0.39, 0.29) is 0 Å². The largest absolute Gasteiger partial charge is 0.327 e. The first-order valence-corrected chi connectivity index (χ1v) is 7.78. The SMILES string of the molecule is CC1(C)CCCCC1C(N)Cc1ccc(Br)cc1. The molecule has 0 amide bonds. The zero-order valence-corrected chi connectivity index (χ0v) is 13.0. The Labute approximate surface area is 119 Å². The highest BCUT2D eigenvalue weighted by atomic mass is 79.9. The molecule has 1 aromatic rings. The Balaban J connectivity index is 2.02. The summed E-state index contributed by atoms with van der Waals surface area (Å²) in [6.07, 6.45) is 6.34. The molecule has 0 heterocycles. The van der Waals surface area contributed by atoms with Crippen LogP contribution in [0.15, 0.2) is 28.7 Å². The summed E-state index contributed by atoms with van der Waals surface area (Å²) < 4.78 is 1.14. The molecule has 2 heteroatoms. The van der Waals surface area contributed by atoms with E-state index in [4.69, 9.17) is 5.73 Å². The van der Waals surface area contributed by atoms with E-state index in [0.717, 1.165) is 10.9 Å². The van der Waals surface area contributed by atoms with Gasteiger partial charge in [-0.3, -0.25) is 0 Å². The Morgan fingerprint density at radius 2 is 1.94 bits per heavy atom. The Morgan fingerprint density at radius 1 is 1.28 bits per heavy atom. The van der Waals surface area contributed by atoms with E-state index >= 15 is 0 Å². The van der Waals surface area contributed by atoms with Crippen LogP contribution >= 0.6 is 15.9 Å². The van der Waals surface area contributed by atoms with Gasteiger partial charge in [-0.2, -0.15) is 0 Å². The molecule has 0 spiro atoms. The monoisotopic (exact) mass is 309 g/mol. The molecular formula is C16H24BrN. The number of hydrogen-bond donors (Lipinski definition) is 1. The fraction of sp³-hybridized carbons (Fsp3) is 0.625. The van der Waals surface area contributed by atoms with Crippen molar-refractivity contribution in [3.8, 4) is 0 Å². The third kappa shape index (κ3) is 3.36. The van der Waals surface area contributed by atoms with Crippen LogP contribution in [0.4, 0.5) is 0 Å². The second kappa shape index (κ2) is 5.75. The normalized spacial score (nSPS) is 24.8. The van der Waals surface area contributed by atoms with Crippen molar-refractivity contribution in [1.29, 1.82) is 0 Å². The Morgan fingerprint density at radius 3 is 2.56 bits per heavy atom. The lowest BCUT2D eigenvalue weighted by molar-refractivity contribution is 0.112. The lowest BCUT2D eigenvalue weighted by atomic mass is 9.65. The minimum atomic E-state index is 0.293. The van der Waals surface area contributed by atoms with E-state index in [1.807, 2.05) is 0 Å². The number of rotatable bonds is 3. The molecule has 2 atom stereocenters. The van der Waals surface area contributed by atoms with Crippen LogP contribution in [0.1, 0.15) is 45.1 Å². The molecule has 18 heavy (non-hydrogen) atoms. The van der Waals surface area contributed by atoms with Gasteiger partial charge in [0.2, 0.25) is 0 Å². The molecule has 0 radical (unpaired) electrons. The van der Waals surface area contributed by atoms with Crippen LogP contribution in [0.3, 0.4) is 0 Å². The minimum absolute atomic E-state index is 0.293. The van der Waals surface area contributed by atoms with Gasteiger partial charge in [-0.05, 0) is 48.3 Å². The van der Waals surface area contributed by atoms with E-state index in [0.29, 0.717) is 17.4 Å². The average molecular weight is 310 g/mol. The van der Waals surface area contributed by atoms with Crippen molar-refractivity contribution in [1.82, 2.24) is 0 Å². The summed E-state index contributed by atoms with van der Waals surface area (Å²) >= 11 is 3.48. The zero-order chi connectivity index (χ0) is 13.2. The third-order valence-electron chi connectivity index (χ3n) is 4.49. The summed E-state index contributed by atoms with van der Waals surface area (Å²) in [5.41, 5.74) is 8.25. The first-order valence-electron chi connectivity index (χ1n) is 6.99. The van der Waals surface area contributed by atoms with Gasteiger partial charge in [0.15, 0.2) is 0 Å². The van der Waals surface area contributed by atoms with Gasteiger partial charge in [0.25, 0.3) is 0 Å². The van der Waals surface area contributed by atoms with Gasteiger partial charge in [-0.15, -0.1) is 0 Å². The van der Waals surface area contributed by atoms with Gasteiger partial charge < -0.3 is 5.73 Å². The van der Waals surface area contributed by atoms with Crippen LogP contribution in [-0.4, -0.2) is 6.04 Å². The second-order valence-electron chi connectivity index (χ2n) is 6.34. The van der Waals surface area contributed by atoms with Crippen LogP contribution in [0, 0.1) is 11.3 Å². The van der Waals surface area contributed by atoms with Crippen LogP contribution < -0.4 is 5.73 Å². The maximum absolute atomic E-state index is 6.48. The number of halogens is 1. The van der Waals surface area contributed by atoms with Gasteiger partial charge in [-0.25, -0.2) is 0 Å².